The van der Waals surface area contributed by atoms with Crippen LogP contribution in [0.4, 0.5) is 5.69 Å². The van der Waals surface area contributed by atoms with Crippen molar-refractivity contribution in [3.8, 4) is 28.6 Å². The van der Waals surface area contributed by atoms with E-state index < -0.39 is 0 Å². The van der Waals surface area contributed by atoms with E-state index in [2.05, 4.69) is 117 Å². The number of fused-ring (bicyclic) bond motifs is 6. The molecular weight excluding hydrogens is 512 g/mol. The molecule has 0 spiro atoms. The molecule has 8 rings (SSSR count). The first-order chi connectivity index (χ1) is 20.7. The molecule has 0 amide bonds. The van der Waals surface area contributed by atoms with Crippen molar-refractivity contribution in [3.05, 3.63) is 150 Å². The normalized spacial score (nSPS) is 11.3. The van der Waals surface area contributed by atoms with Crippen molar-refractivity contribution < 1.29 is 0 Å². The molecule has 2 aromatic heterocycles. The lowest BCUT2D eigenvalue weighted by Crippen LogP contribution is -1.96. The molecule has 0 saturated heterocycles. The summed E-state index contributed by atoms with van der Waals surface area (Å²) in [7, 11) is 0. The Labute approximate surface area is 242 Å². The van der Waals surface area contributed by atoms with E-state index in [9.17, 15) is 5.26 Å². The summed E-state index contributed by atoms with van der Waals surface area (Å²) in [6.07, 6.45) is 0. The van der Waals surface area contributed by atoms with Crippen molar-refractivity contribution in [2.45, 2.75) is 0 Å². The average molecular weight is 535 g/mol. The highest BCUT2D eigenvalue weighted by molar-refractivity contribution is 6.15. The summed E-state index contributed by atoms with van der Waals surface area (Å²) < 4.78 is 4.56. The fourth-order valence-electron chi connectivity index (χ4n) is 6.33. The summed E-state index contributed by atoms with van der Waals surface area (Å²) in [6.45, 7) is 7.57. The molecule has 0 saturated carbocycles. The van der Waals surface area contributed by atoms with Crippen LogP contribution in [-0.4, -0.2) is 9.13 Å². The van der Waals surface area contributed by atoms with Crippen LogP contribution in [0.1, 0.15) is 5.56 Å². The standard InChI is InChI=1S/C38H22N4/c1-40-27-9-7-12-29(23-27)41-35-16-6-5-13-31(35)32-19-18-26(22-37(32)41)30-14-8-15-33-34-21-25(24-39)17-20-36(34)42(38(30)33)28-10-3-2-4-11-28/h2-23H. The summed E-state index contributed by atoms with van der Waals surface area (Å²) in [5.41, 5.74) is 9.86. The van der Waals surface area contributed by atoms with Gasteiger partial charge in [-0.05, 0) is 60.2 Å². The van der Waals surface area contributed by atoms with Gasteiger partial charge in [0.15, 0.2) is 5.69 Å². The third kappa shape index (κ3) is 3.47. The van der Waals surface area contributed by atoms with Crippen LogP contribution < -0.4 is 0 Å². The van der Waals surface area contributed by atoms with Crippen LogP contribution in [-0.2, 0) is 0 Å². The van der Waals surface area contributed by atoms with Crippen molar-refractivity contribution in [1.82, 2.24) is 9.13 Å². The minimum absolute atomic E-state index is 0.614. The highest BCUT2D eigenvalue weighted by Gasteiger charge is 2.19. The maximum atomic E-state index is 9.66. The lowest BCUT2D eigenvalue weighted by molar-refractivity contribution is 1.18. The zero-order chi connectivity index (χ0) is 28.2. The molecule has 194 valence electrons. The van der Waals surface area contributed by atoms with E-state index in [1.54, 1.807) is 0 Å². The van der Waals surface area contributed by atoms with Gasteiger partial charge < -0.3 is 9.13 Å². The fourth-order valence-corrected chi connectivity index (χ4v) is 6.33. The van der Waals surface area contributed by atoms with Crippen molar-refractivity contribution in [1.29, 1.82) is 5.26 Å². The Morgan fingerprint density at radius 1 is 0.548 bits per heavy atom. The van der Waals surface area contributed by atoms with E-state index in [0.29, 0.717) is 11.3 Å². The number of rotatable bonds is 3. The van der Waals surface area contributed by atoms with Crippen molar-refractivity contribution in [3.63, 3.8) is 0 Å². The molecule has 8 aromatic rings. The molecule has 42 heavy (non-hydrogen) atoms. The molecule has 0 bridgehead atoms. The number of aromatic nitrogens is 2. The van der Waals surface area contributed by atoms with E-state index in [-0.39, 0.29) is 0 Å². The van der Waals surface area contributed by atoms with Crippen LogP contribution in [0.5, 0.6) is 0 Å². The molecule has 0 aliphatic rings. The molecule has 0 N–H and O–H groups in total. The van der Waals surface area contributed by atoms with Crippen LogP contribution in [0.3, 0.4) is 0 Å². The lowest BCUT2D eigenvalue weighted by atomic mass is 10.00. The molecule has 0 aliphatic carbocycles. The Hall–Kier alpha value is -6.10. The van der Waals surface area contributed by atoms with Crippen molar-refractivity contribution in [2.75, 3.05) is 0 Å². The van der Waals surface area contributed by atoms with Crippen LogP contribution in [0, 0.1) is 17.9 Å². The molecule has 2 heterocycles. The van der Waals surface area contributed by atoms with Crippen LogP contribution in [0.2, 0.25) is 0 Å². The molecule has 0 fully saturated rings. The van der Waals surface area contributed by atoms with E-state index in [0.717, 1.165) is 60.7 Å². The summed E-state index contributed by atoms with van der Waals surface area (Å²) in [5, 5.41) is 14.2. The predicted molar refractivity (Wildman–Crippen MR) is 172 cm³/mol. The molecule has 6 aromatic carbocycles. The fraction of sp³-hybridized carbons (Fsp3) is 0. The zero-order valence-electron chi connectivity index (χ0n) is 22.5. The number of hydrogen-bond acceptors (Lipinski definition) is 1. The topological polar surface area (TPSA) is 38.0 Å². The van der Waals surface area contributed by atoms with Gasteiger partial charge in [0.1, 0.15) is 0 Å². The Balaban J connectivity index is 1.47. The van der Waals surface area contributed by atoms with Crippen molar-refractivity contribution in [2.24, 2.45) is 0 Å². The first kappa shape index (κ1) is 23.8. The summed E-state index contributed by atoms with van der Waals surface area (Å²) in [5.74, 6) is 0. The third-order valence-electron chi connectivity index (χ3n) is 8.13. The second-order valence-corrected chi connectivity index (χ2v) is 10.4. The number of nitrogens with zero attached hydrogens (tertiary/aromatic N) is 4. The monoisotopic (exact) mass is 534 g/mol. The van der Waals surface area contributed by atoms with Gasteiger partial charge in [-0.25, -0.2) is 4.85 Å². The average Bonchev–Trinajstić information content (AvgIpc) is 3.57. The van der Waals surface area contributed by atoms with Gasteiger partial charge in [-0.1, -0.05) is 78.9 Å². The molecule has 0 aliphatic heterocycles. The largest absolute Gasteiger partial charge is 0.310 e. The predicted octanol–water partition coefficient (Wildman–Crippen LogP) is 9.97. The number of benzene rings is 6. The highest BCUT2D eigenvalue weighted by Crippen LogP contribution is 2.41. The second kappa shape index (κ2) is 9.24. The minimum atomic E-state index is 0.614. The number of para-hydroxylation sites is 3. The molecule has 4 nitrogen and oxygen atoms in total. The lowest BCUT2D eigenvalue weighted by Gasteiger charge is -2.13. The molecule has 0 atom stereocenters. The number of nitriles is 1. The molecule has 0 radical (unpaired) electrons. The first-order valence-corrected chi connectivity index (χ1v) is 13.8. The Morgan fingerprint density at radius 3 is 2.14 bits per heavy atom. The Morgan fingerprint density at radius 2 is 1.29 bits per heavy atom. The van der Waals surface area contributed by atoms with Crippen molar-refractivity contribution >= 4 is 49.3 Å². The van der Waals surface area contributed by atoms with E-state index in [4.69, 9.17) is 6.57 Å². The second-order valence-electron chi connectivity index (χ2n) is 10.4. The summed E-state index contributed by atoms with van der Waals surface area (Å²) in [6, 6.07) is 48.0. The highest BCUT2D eigenvalue weighted by atomic mass is 15.0. The van der Waals surface area contributed by atoms with E-state index in [1.165, 1.54) is 5.39 Å². The Bertz CT molecular complexity index is 2430. The van der Waals surface area contributed by atoms with Gasteiger partial charge in [-0.2, -0.15) is 5.26 Å². The van der Waals surface area contributed by atoms with Crippen LogP contribution >= 0.6 is 0 Å². The van der Waals surface area contributed by atoms with Crippen LogP contribution in [0.25, 0.3) is 71.0 Å². The Kier molecular flexibility index (Phi) is 5.22. The quantitative estimate of drug-likeness (QED) is 0.208. The van der Waals surface area contributed by atoms with Gasteiger partial charge in [-0.3, -0.25) is 0 Å². The summed E-state index contributed by atoms with van der Waals surface area (Å²) in [4.78, 5) is 3.69. The molecule has 4 heteroatoms. The maximum absolute atomic E-state index is 9.66. The molecule has 0 unspecified atom stereocenters. The SMILES string of the molecule is [C-]#[N+]c1cccc(-n2c3ccccc3c3ccc(-c4cccc5c6cc(C#N)ccc6n(-c6ccccc6)c45)cc32)c1. The van der Waals surface area contributed by atoms with E-state index >= 15 is 0 Å². The van der Waals surface area contributed by atoms with Gasteiger partial charge in [0, 0.05) is 38.5 Å². The van der Waals surface area contributed by atoms with Gasteiger partial charge in [-0.15, -0.1) is 0 Å². The van der Waals surface area contributed by atoms with Crippen LogP contribution in [0.15, 0.2) is 133 Å². The molecular formula is C38H22N4. The zero-order valence-corrected chi connectivity index (χ0v) is 22.5. The third-order valence-corrected chi connectivity index (χ3v) is 8.13. The smallest absolute Gasteiger partial charge is 0.189 e. The minimum Gasteiger partial charge on any atom is -0.310 e. The van der Waals surface area contributed by atoms with E-state index in [1.807, 2.05) is 36.4 Å². The number of hydrogen-bond donors (Lipinski definition) is 0. The summed E-state index contributed by atoms with van der Waals surface area (Å²) >= 11 is 0. The first-order valence-electron chi connectivity index (χ1n) is 13.8. The maximum Gasteiger partial charge on any atom is 0.189 e. The van der Waals surface area contributed by atoms with Gasteiger partial charge in [0.2, 0.25) is 0 Å². The van der Waals surface area contributed by atoms with Gasteiger partial charge >= 0.3 is 0 Å². The van der Waals surface area contributed by atoms with Gasteiger partial charge in [0.25, 0.3) is 0 Å². The van der Waals surface area contributed by atoms with Gasteiger partial charge in [0.05, 0.1) is 40.3 Å².